The van der Waals surface area contributed by atoms with E-state index in [1.54, 1.807) is 24.3 Å². The van der Waals surface area contributed by atoms with Gasteiger partial charge in [-0.05, 0) is 36.6 Å². The summed E-state index contributed by atoms with van der Waals surface area (Å²) in [6, 6.07) is 13.0. The van der Waals surface area contributed by atoms with E-state index in [1.165, 1.54) is 0 Å². The summed E-state index contributed by atoms with van der Waals surface area (Å²) in [5, 5.41) is 2.99. The van der Waals surface area contributed by atoms with Gasteiger partial charge in [-0.2, -0.15) is 0 Å². The number of aryl methyl sites for hydroxylation is 2. The Morgan fingerprint density at radius 1 is 1.14 bits per heavy atom. The van der Waals surface area contributed by atoms with Crippen LogP contribution in [0.25, 0.3) is 0 Å². The molecule has 3 N–H and O–H groups in total. The summed E-state index contributed by atoms with van der Waals surface area (Å²) in [6.45, 7) is 4.06. The first kappa shape index (κ1) is 15.2. The van der Waals surface area contributed by atoms with Crippen LogP contribution in [0.4, 0.5) is 5.69 Å². The molecule has 0 spiro atoms. The topological polar surface area (TPSA) is 55.1 Å². The first-order valence-electron chi connectivity index (χ1n) is 6.82. The molecule has 0 radical (unpaired) electrons. The largest absolute Gasteiger partial charge is 0.389 e. The first-order chi connectivity index (χ1) is 10.0. The maximum atomic E-state index is 12.3. The first-order valence-corrected chi connectivity index (χ1v) is 7.23. The Bertz CT molecular complexity index is 678. The van der Waals surface area contributed by atoms with Gasteiger partial charge in [0.05, 0.1) is 0 Å². The Labute approximate surface area is 130 Å². The van der Waals surface area contributed by atoms with E-state index in [2.05, 4.69) is 12.2 Å². The van der Waals surface area contributed by atoms with Crippen molar-refractivity contribution in [3.8, 4) is 0 Å². The monoisotopic (exact) mass is 298 g/mol. The van der Waals surface area contributed by atoms with Gasteiger partial charge < -0.3 is 11.1 Å². The van der Waals surface area contributed by atoms with Crippen LogP contribution in [0.3, 0.4) is 0 Å². The Morgan fingerprint density at radius 3 is 2.33 bits per heavy atom. The number of anilines is 1. The van der Waals surface area contributed by atoms with Crippen molar-refractivity contribution >= 4 is 28.8 Å². The molecule has 2 aromatic rings. The molecule has 0 unspecified atom stereocenters. The molecule has 1 amide bonds. The Kier molecular flexibility index (Phi) is 4.70. The minimum absolute atomic E-state index is 0.131. The van der Waals surface area contributed by atoms with Crippen LogP contribution in [0.1, 0.15) is 34.0 Å². The van der Waals surface area contributed by atoms with E-state index in [0.29, 0.717) is 10.6 Å². The summed E-state index contributed by atoms with van der Waals surface area (Å²) in [6.07, 6.45) is 0.873. The average Bonchev–Trinajstić information content (AvgIpc) is 2.49. The predicted octanol–water partition coefficient (Wildman–Crippen LogP) is 3.44. The standard InChI is InChI=1S/C17H18N2OS/c1-3-12-6-4-5-11(2)15(12)19-17(20)14-9-7-13(8-10-14)16(18)21/h4-10H,3H2,1-2H3,(H2,18,21)(H,19,20). The predicted molar refractivity (Wildman–Crippen MR) is 90.8 cm³/mol. The van der Waals surface area contributed by atoms with Crippen molar-refractivity contribution in [3.05, 3.63) is 64.7 Å². The van der Waals surface area contributed by atoms with E-state index in [9.17, 15) is 4.79 Å². The van der Waals surface area contributed by atoms with E-state index < -0.39 is 0 Å². The summed E-state index contributed by atoms with van der Waals surface area (Å²) in [4.78, 5) is 12.7. The summed E-state index contributed by atoms with van der Waals surface area (Å²) < 4.78 is 0. The van der Waals surface area contributed by atoms with Gasteiger partial charge in [0.1, 0.15) is 4.99 Å². The fourth-order valence-electron chi connectivity index (χ4n) is 2.17. The number of hydrogen-bond acceptors (Lipinski definition) is 2. The van der Waals surface area contributed by atoms with Gasteiger partial charge in [-0.15, -0.1) is 0 Å². The smallest absolute Gasteiger partial charge is 0.255 e. The Hall–Kier alpha value is -2.20. The highest BCUT2D eigenvalue weighted by atomic mass is 32.1. The second kappa shape index (κ2) is 6.50. The number of amides is 1. The molecule has 0 heterocycles. The van der Waals surface area contributed by atoms with Crippen LogP contribution in [-0.4, -0.2) is 10.9 Å². The highest BCUT2D eigenvalue weighted by Gasteiger charge is 2.10. The lowest BCUT2D eigenvalue weighted by molar-refractivity contribution is 0.102. The lowest BCUT2D eigenvalue weighted by Crippen LogP contribution is -2.15. The zero-order valence-corrected chi connectivity index (χ0v) is 13.0. The van der Waals surface area contributed by atoms with E-state index in [-0.39, 0.29) is 5.91 Å². The van der Waals surface area contributed by atoms with E-state index in [4.69, 9.17) is 18.0 Å². The van der Waals surface area contributed by atoms with Crippen molar-refractivity contribution in [1.29, 1.82) is 0 Å². The minimum Gasteiger partial charge on any atom is -0.389 e. The molecule has 0 aliphatic heterocycles. The number of nitrogens with one attached hydrogen (secondary N) is 1. The molecule has 4 heteroatoms. The molecule has 0 bridgehead atoms. The molecule has 0 fully saturated rings. The van der Waals surface area contributed by atoms with Crippen molar-refractivity contribution < 1.29 is 4.79 Å². The van der Waals surface area contributed by atoms with Crippen LogP contribution >= 0.6 is 12.2 Å². The maximum Gasteiger partial charge on any atom is 0.255 e. The number of hydrogen-bond donors (Lipinski definition) is 2. The van der Waals surface area contributed by atoms with Crippen molar-refractivity contribution in [1.82, 2.24) is 0 Å². The van der Waals surface area contributed by atoms with E-state index >= 15 is 0 Å². The summed E-state index contributed by atoms with van der Waals surface area (Å²) >= 11 is 4.90. The molecule has 0 aliphatic rings. The third kappa shape index (κ3) is 3.47. The summed E-state index contributed by atoms with van der Waals surface area (Å²) in [5.74, 6) is -0.131. The number of para-hydroxylation sites is 1. The number of benzene rings is 2. The van der Waals surface area contributed by atoms with Crippen LogP contribution in [0.15, 0.2) is 42.5 Å². The highest BCUT2D eigenvalue weighted by Crippen LogP contribution is 2.22. The zero-order valence-electron chi connectivity index (χ0n) is 12.1. The molecule has 3 nitrogen and oxygen atoms in total. The van der Waals surface area contributed by atoms with Crippen molar-refractivity contribution in [2.75, 3.05) is 5.32 Å². The number of nitrogens with two attached hydrogens (primary N) is 1. The normalized spacial score (nSPS) is 10.2. The highest BCUT2D eigenvalue weighted by molar-refractivity contribution is 7.80. The molecular formula is C17H18N2OS. The van der Waals surface area contributed by atoms with Gasteiger partial charge in [0.25, 0.3) is 5.91 Å². The van der Waals surface area contributed by atoms with E-state index in [0.717, 1.165) is 28.8 Å². The second-order valence-corrected chi connectivity index (χ2v) is 5.30. The van der Waals surface area contributed by atoms with Crippen LogP contribution in [-0.2, 0) is 6.42 Å². The maximum absolute atomic E-state index is 12.3. The summed E-state index contributed by atoms with van der Waals surface area (Å²) in [7, 11) is 0. The zero-order chi connectivity index (χ0) is 15.4. The summed E-state index contributed by atoms with van der Waals surface area (Å²) in [5.41, 5.74) is 9.97. The Balaban J connectivity index is 2.24. The minimum atomic E-state index is -0.131. The average molecular weight is 298 g/mol. The van der Waals surface area contributed by atoms with Crippen LogP contribution in [0.2, 0.25) is 0 Å². The lowest BCUT2D eigenvalue weighted by Gasteiger charge is -2.13. The van der Waals surface area contributed by atoms with Gasteiger partial charge in [-0.25, -0.2) is 0 Å². The fraction of sp³-hybridized carbons (Fsp3) is 0.176. The molecule has 108 valence electrons. The van der Waals surface area contributed by atoms with Gasteiger partial charge in [0.15, 0.2) is 0 Å². The van der Waals surface area contributed by atoms with Crippen LogP contribution in [0, 0.1) is 6.92 Å². The van der Waals surface area contributed by atoms with Gasteiger partial charge in [0, 0.05) is 16.8 Å². The number of rotatable bonds is 4. The lowest BCUT2D eigenvalue weighted by atomic mass is 10.0. The molecule has 0 aromatic heterocycles. The third-order valence-corrected chi connectivity index (χ3v) is 3.65. The van der Waals surface area contributed by atoms with Gasteiger partial charge in [0.2, 0.25) is 0 Å². The second-order valence-electron chi connectivity index (χ2n) is 4.86. The number of carbonyl (C=O) groups excluding carboxylic acids is 1. The molecule has 0 atom stereocenters. The quantitative estimate of drug-likeness (QED) is 0.850. The molecule has 2 aromatic carbocycles. The van der Waals surface area contributed by atoms with Gasteiger partial charge >= 0.3 is 0 Å². The van der Waals surface area contributed by atoms with Gasteiger partial charge in [-0.3, -0.25) is 4.79 Å². The van der Waals surface area contributed by atoms with Crippen molar-refractivity contribution in [2.24, 2.45) is 5.73 Å². The van der Waals surface area contributed by atoms with Crippen LogP contribution in [0.5, 0.6) is 0 Å². The van der Waals surface area contributed by atoms with E-state index in [1.807, 2.05) is 25.1 Å². The molecule has 2 rings (SSSR count). The molecule has 21 heavy (non-hydrogen) atoms. The molecule has 0 aliphatic carbocycles. The molecular weight excluding hydrogens is 280 g/mol. The molecule has 0 saturated heterocycles. The van der Waals surface area contributed by atoms with Crippen molar-refractivity contribution in [3.63, 3.8) is 0 Å². The van der Waals surface area contributed by atoms with Crippen LogP contribution < -0.4 is 11.1 Å². The third-order valence-electron chi connectivity index (χ3n) is 3.41. The number of thiocarbonyl (C=S) groups is 1. The number of carbonyl (C=O) groups is 1. The fourth-order valence-corrected chi connectivity index (χ4v) is 2.31. The molecule has 0 saturated carbocycles. The Morgan fingerprint density at radius 2 is 1.76 bits per heavy atom. The van der Waals surface area contributed by atoms with Crippen molar-refractivity contribution in [2.45, 2.75) is 20.3 Å². The van der Waals surface area contributed by atoms with Gasteiger partial charge in [-0.1, -0.05) is 49.5 Å². The SMILES string of the molecule is CCc1cccc(C)c1NC(=O)c1ccc(C(N)=S)cc1.